The van der Waals surface area contributed by atoms with E-state index in [0.717, 1.165) is 11.6 Å². The predicted octanol–water partition coefficient (Wildman–Crippen LogP) is 3.63. The Labute approximate surface area is 154 Å². The Morgan fingerprint density at radius 3 is 2.44 bits per heavy atom. The fraction of sp³-hybridized carbons (Fsp3) is 0.263. The normalized spacial score (nSPS) is 11.6. The summed E-state index contributed by atoms with van der Waals surface area (Å²) in [4.78, 5) is 24.1. The summed E-state index contributed by atoms with van der Waals surface area (Å²) >= 11 is 0. The van der Waals surface area contributed by atoms with E-state index in [-0.39, 0.29) is 0 Å². The van der Waals surface area contributed by atoms with Crippen LogP contribution in [-0.4, -0.2) is 18.4 Å². The number of nitrogens with one attached hydrogen (secondary N) is 2. The second-order valence-corrected chi connectivity index (χ2v) is 5.85. The molecule has 0 heterocycles. The number of carbonyl (C=O) groups excluding carboxylic acids is 2. The highest BCUT2D eigenvalue weighted by molar-refractivity contribution is 6.39. The first kappa shape index (κ1) is 20.3. The van der Waals surface area contributed by atoms with Crippen molar-refractivity contribution in [2.24, 2.45) is 0 Å². The zero-order valence-corrected chi connectivity index (χ0v) is 15.0. The summed E-state index contributed by atoms with van der Waals surface area (Å²) in [6.07, 6.45) is 0. The molecule has 0 aromatic heterocycles. The Hall–Kier alpha value is -3.03. The fourth-order valence-corrected chi connectivity index (χ4v) is 2.43. The third-order valence-corrected chi connectivity index (χ3v) is 3.77. The van der Waals surface area contributed by atoms with Gasteiger partial charge < -0.3 is 15.4 Å². The molecule has 144 valence electrons. The molecule has 0 radical (unpaired) electrons. The summed E-state index contributed by atoms with van der Waals surface area (Å²) in [7, 11) is 0. The van der Waals surface area contributed by atoms with Crippen LogP contribution in [0.3, 0.4) is 0 Å². The molecule has 1 atom stereocenters. The van der Waals surface area contributed by atoms with Gasteiger partial charge in [-0.2, -0.15) is 0 Å². The zero-order chi connectivity index (χ0) is 20.1. The van der Waals surface area contributed by atoms with E-state index in [0.29, 0.717) is 24.0 Å². The lowest BCUT2D eigenvalue weighted by atomic mass is 10.0. The number of halogens is 3. The van der Waals surface area contributed by atoms with Gasteiger partial charge in [0.15, 0.2) is 17.5 Å². The van der Waals surface area contributed by atoms with Gasteiger partial charge in [0.05, 0.1) is 18.3 Å². The van der Waals surface area contributed by atoms with Gasteiger partial charge in [0.25, 0.3) is 0 Å². The van der Waals surface area contributed by atoms with Crippen molar-refractivity contribution in [2.45, 2.75) is 26.8 Å². The maximum atomic E-state index is 13.6. The van der Waals surface area contributed by atoms with Crippen molar-refractivity contribution in [3.8, 4) is 5.75 Å². The number of ether oxygens (including phenoxy) is 1. The van der Waals surface area contributed by atoms with E-state index in [1.165, 1.54) is 0 Å². The minimum atomic E-state index is -1.73. The largest absolute Gasteiger partial charge is 0.494 e. The summed E-state index contributed by atoms with van der Waals surface area (Å²) in [5, 5.41) is 4.39. The van der Waals surface area contributed by atoms with Crippen molar-refractivity contribution in [3.05, 3.63) is 58.9 Å². The molecule has 1 unspecified atom stereocenters. The molecule has 0 fully saturated rings. The third kappa shape index (κ3) is 4.78. The molecule has 0 saturated carbocycles. The molecule has 8 heteroatoms. The van der Waals surface area contributed by atoms with Crippen LogP contribution in [0.15, 0.2) is 30.3 Å². The Morgan fingerprint density at radius 2 is 1.78 bits per heavy atom. The molecule has 0 saturated heterocycles. The zero-order valence-electron chi connectivity index (χ0n) is 15.0. The highest BCUT2D eigenvalue weighted by Crippen LogP contribution is 2.26. The van der Waals surface area contributed by atoms with Crippen molar-refractivity contribution in [1.29, 1.82) is 0 Å². The molecule has 0 aliphatic rings. The average Bonchev–Trinajstić information content (AvgIpc) is 2.63. The van der Waals surface area contributed by atoms with Crippen molar-refractivity contribution < 1.29 is 27.5 Å². The standard InChI is InChI=1S/C19H19F3N2O3/c1-4-27-15-8-5-10(2)9-12(15)11(3)23-18(25)19(26)24-14-7-6-13(20)16(21)17(14)22/h5-9,11H,4H2,1-3H3,(H,23,25)(H,24,26). The van der Waals surface area contributed by atoms with E-state index >= 15 is 0 Å². The van der Waals surface area contributed by atoms with Crippen LogP contribution in [0.1, 0.15) is 31.0 Å². The molecule has 2 amide bonds. The second kappa shape index (κ2) is 8.57. The molecular formula is C19H19F3N2O3. The van der Waals surface area contributed by atoms with Gasteiger partial charge in [-0.1, -0.05) is 17.7 Å². The molecule has 2 N–H and O–H groups in total. The number of benzene rings is 2. The van der Waals surface area contributed by atoms with Gasteiger partial charge >= 0.3 is 11.8 Å². The Kier molecular flexibility index (Phi) is 6.44. The van der Waals surface area contributed by atoms with Crippen molar-refractivity contribution >= 4 is 17.5 Å². The van der Waals surface area contributed by atoms with Gasteiger partial charge in [0.2, 0.25) is 0 Å². The summed E-state index contributed by atoms with van der Waals surface area (Å²) in [6.45, 7) is 5.76. The van der Waals surface area contributed by atoms with Crippen LogP contribution in [-0.2, 0) is 9.59 Å². The van der Waals surface area contributed by atoms with E-state index in [4.69, 9.17) is 4.74 Å². The fourth-order valence-electron chi connectivity index (χ4n) is 2.43. The summed E-state index contributed by atoms with van der Waals surface area (Å²) in [5.41, 5.74) is 0.965. The average molecular weight is 380 g/mol. The van der Waals surface area contributed by atoms with Crippen LogP contribution in [0.4, 0.5) is 18.9 Å². The highest BCUT2D eigenvalue weighted by Gasteiger charge is 2.22. The molecular weight excluding hydrogens is 361 g/mol. The minimum absolute atomic E-state index is 0.423. The van der Waals surface area contributed by atoms with E-state index < -0.39 is 41.0 Å². The van der Waals surface area contributed by atoms with Crippen molar-refractivity contribution in [3.63, 3.8) is 0 Å². The van der Waals surface area contributed by atoms with E-state index in [9.17, 15) is 22.8 Å². The highest BCUT2D eigenvalue weighted by atomic mass is 19.2. The lowest BCUT2D eigenvalue weighted by Crippen LogP contribution is -2.37. The van der Waals surface area contributed by atoms with Crippen LogP contribution in [0.5, 0.6) is 5.75 Å². The lowest BCUT2D eigenvalue weighted by Gasteiger charge is -2.18. The molecule has 0 aliphatic carbocycles. The number of carbonyl (C=O) groups is 2. The SMILES string of the molecule is CCOc1ccc(C)cc1C(C)NC(=O)C(=O)Nc1ccc(F)c(F)c1F. The summed E-state index contributed by atoms with van der Waals surface area (Å²) in [5.74, 6) is -6.42. The minimum Gasteiger partial charge on any atom is -0.494 e. The molecule has 5 nitrogen and oxygen atoms in total. The first-order chi connectivity index (χ1) is 12.7. The predicted molar refractivity (Wildman–Crippen MR) is 93.9 cm³/mol. The Bertz CT molecular complexity index is 872. The Morgan fingerprint density at radius 1 is 1.07 bits per heavy atom. The van der Waals surface area contributed by atoms with E-state index in [1.807, 2.05) is 31.3 Å². The van der Waals surface area contributed by atoms with E-state index in [1.54, 1.807) is 13.0 Å². The van der Waals surface area contributed by atoms with Crippen LogP contribution in [0.2, 0.25) is 0 Å². The number of hydrogen-bond acceptors (Lipinski definition) is 3. The molecule has 27 heavy (non-hydrogen) atoms. The van der Waals surface area contributed by atoms with Gasteiger partial charge in [0.1, 0.15) is 5.75 Å². The topological polar surface area (TPSA) is 67.4 Å². The molecule has 2 aromatic carbocycles. The smallest absolute Gasteiger partial charge is 0.313 e. The molecule has 0 aliphatic heterocycles. The maximum absolute atomic E-state index is 13.6. The third-order valence-electron chi connectivity index (χ3n) is 3.77. The van der Waals surface area contributed by atoms with Crippen LogP contribution < -0.4 is 15.4 Å². The first-order valence-corrected chi connectivity index (χ1v) is 8.23. The number of aryl methyl sites for hydroxylation is 1. The van der Waals surface area contributed by atoms with Gasteiger partial charge in [-0.05, 0) is 39.0 Å². The molecule has 2 rings (SSSR count). The van der Waals surface area contributed by atoms with Gasteiger partial charge in [0, 0.05) is 5.56 Å². The molecule has 0 spiro atoms. The second-order valence-electron chi connectivity index (χ2n) is 5.85. The van der Waals surface area contributed by atoms with Crippen molar-refractivity contribution in [1.82, 2.24) is 5.32 Å². The number of amides is 2. The number of hydrogen-bond donors (Lipinski definition) is 2. The first-order valence-electron chi connectivity index (χ1n) is 8.23. The molecule has 0 bridgehead atoms. The Balaban J connectivity index is 2.12. The maximum Gasteiger partial charge on any atom is 0.313 e. The van der Waals surface area contributed by atoms with Gasteiger partial charge in [-0.15, -0.1) is 0 Å². The van der Waals surface area contributed by atoms with Crippen molar-refractivity contribution in [2.75, 3.05) is 11.9 Å². The summed E-state index contributed by atoms with van der Waals surface area (Å²) < 4.78 is 45.3. The monoisotopic (exact) mass is 380 g/mol. The van der Waals surface area contributed by atoms with Crippen LogP contribution in [0, 0.1) is 24.4 Å². The van der Waals surface area contributed by atoms with Gasteiger partial charge in [-0.3, -0.25) is 9.59 Å². The van der Waals surface area contributed by atoms with Crippen LogP contribution >= 0.6 is 0 Å². The van der Waals surface area contributed by atoms with E-state index in [2.05, 4.69) is 5.32 Å². The lowest BCUT2D eigenvalue weighted by molar-refractivity contribution is -0.136. The van der Waals surface area contributed by atoms with Crippen LogP contribution in [0.25, 0.3) is 0 Å². The number of rotatable bonds is 5. The molecule has 2 aromatic rings. The quantitative estimate of drug-likeness (QED) is 0.615. The number of anilines is 1. The van der Waals surface area contributed by atoms with Gasteiger partial charge in [-0.25, -0.2) is 13.2 Å². The summed E-state index contributed by atoms with van der Waals surface area (Å²) in [6, 6.07) is 6.31.